The fourth-order valence-electron chi connectivity index (χ4n) is 2.51. The molecule has 24 heavy (non-hydrogen) atoms. The average molecular weight is 393 g/mol. The Morgan fingerprint density at radius 1 is 1.38 bits per heavy atom. The van der Waals surface area contributed by atoms with Gasteiger partial charge in [-0.1, -0.05) is 34.7 Å². The number of aliphatic imine (C=N–C) groups is 1. The standard InChI is InChI=1S/C13H8ClF3N4OS2/c14-6-1-2-7-8(5-6)24-10(18-7)19-12(13(15,16)17)9(22)21-3-4-23-11(21)20-12/h1-2,5H,3-4H2,(H,18,19)/t12-/m1/s1. The normalized spacial score (nSPS) is 23.8. The van der Waals surface area contributed by atoms with Crippen LogP contribution in [0.4, 0.5) is 18.3 Å². The summed E-state index contributed by atoms with van der Waals surface area (Å²) in [6.07, 6.45) is -4.89. The summed E-state index contributed by atoms with van der Waals surface area (Å²) < 4.78 is 41.7. The Morgan fingerprint density at radius 2 is 2.17 bits per heavy atom. The van der Waals surface area contributed by atoms with Crippen molar-refractivity contribution in [2.45, 2.75) is 11.8 Å². The molecule has 0 spiro atoms. The van der Waals surface area contributed by atoms with E-state index in [1.165, 1.54) is 0 Å². The topological polar surface area (TPSA) is 57.6 Å². The quantitative estimate of drug-likeness (QED) is 0.849. The van der Waals surface area contributed by atoms with Crippen LogP contribution in [0.3, 0.4) is 0 Å². The Hall–Kier alpha value is -1.52. The van der Waals surface area contributed by atoms with Gasteiger partial charge in [-0.05, 0) is 18.2 Å². The van der Waals surface area contributed by atoms with Crippen LogP contribution in [0.1, 0.15) is 0 Å². The van der Waals surface area contributed by atoms with Crippen molar-refractivity contribution in [1.82, 2.24) is 9.88 Å². The van der Waals surface area contributed by atoms with Crippen LogP contribution in [-0.2, 0) is 4.79 Å². The van der Waals surface area contributed by atoms with Crippen LogP contribution in [0.15, 0.2) is 23.2 Å². The lowest BCUT2D eigenvalue weighted by molar-refractivity contribution is -0.185. The van der Waals surface area contributed by atoms with Crippen LogP contribution in [0.2, 0.25) is 5.02 Å². The van der Waals surface area contributed by atoms with Gasteiger partial charge in [0.15, 0.2) is 10.3 Å². The largest absolute Gasteiger partial charge is 0.442 e. The molecule has 1 N–H and O–H groups in total. The Morgan fingerprint density at radius 3 is 2.88 bits per heavy atom. The summed E-state index contributed by atoms with van der Waals surface area (Å²) in [6.45, 7) is 0.220. The molecule has 126 valence electrons. The summed E-state index contributed by atoms with van der Waals surface area (Å²) >= 11 is 8.00. The molecule has 11 heteroatoms. The maximum atomic E-state index is 13.7. The molecule has 0 bridgehead atoms. The van der Waals surface area contributed by atoms with Crippen molar-refractivity contribution in [2.24, 2.45) is 4.99 Å². The molecular weight excluding hydrogens is 385 g/mol. The van der Waals surface area contributed by atoms with Crippen LogP contribution in [0, 0.1) is 0 Å². The van der Waals surface area contributed by atoms with Crippen LogP contribution >= 0.6 is 34.7 Å². The summed E-state index contributed by atoms with van der Waals surface area (Å²) in [5, 5.41) is 2.74. The number of benzene rings is 1. The first-order valence-electron chi connectivity index (χ1n) is 6.76. The smallest absolute Gasteiger partial charge is 0.322 e. The van der Waals surface area contributed by atoms with Gasteiger partial charge >= 0.3 is 11.8 Å². The second-order valence-electron chi connectivity index (χ2n) is 5.16. The third kappa shape index (κ3) is 2.27. The maximum Gasteiger partial charge on any atom is 0.442 e. The van der Waals surface area contributed by atoms with E-state index in [1.807, 2.05) is 0 Å². The summed E-state index contributed by atoms with van der Waals surface area (Å²) in [6, 6.07) is 4.81. The second kappa shape index (κ2) is 5.24. The molecule has 1 fully saturated rings. The Balaban J connectivity index is 1.78. The molecule has 2 aliphatic heterocycles. The molecule has 0 saturated carbocycles. The molecule has 1 atom stereocenters. The van der Waals surface area contributed by atoms with E-state index in [2.05, 4.69) is 15.3 Å². The number of halogens is 4. The molecule has 0 radical (unpaired) electrons. The van der Waals surface area contributed by atoms with E-state index in [-0.39, 0.29) is 16.8 Å². The zero-order valence-electron chi connectivity index (χ0n) is 11.7. The molecule has 2 aromatic rings. The highest BCUT2D eigenvalue weighted by molar-refractivity contribution is 8.14. The first-order chi connectivity index (χ1) is 11.3. The molecular formula is C13H8ClF3N4OS2. The third-order valence-corrected chi connectivity index (χ3v) is 5.77. The zero-order valence-corrected chi connectivity index (χ0v) is 14.1. The summed E-state index contributed by atoms with van der Waals surface area (Å²) in [4.78, 5) is 21.2. The Kier molecular flexibility index (Phi) is 3.49. The predicted molar refractivity (Wildman–Crippen MR) is 88.6 cm³/mol. The lowest BCUT2D eigenvalue weighted by Crippen LogP contribution is -2.57. The number of rotatable bonds is 2. The van der Waals surface area contributed by atoms with Crippen molar-refractivity contribution in [3.05, 3.63) is 23.2 Å². The first-order valence-corrected chi connectivity index (χ1v) is 8.94. The van der Waals surface area contributed by atoms with Gasteiger partial charge < -0.3 is 5.32 Å². The van der Waals surface area contributed by atoms with E-state index in [0.717, 1.165) is 28.0 Å². The number of carbonyl (C=O) groups excluding carboxylic acids is 1. The summed E-state index contributed by atoms with van der Waals surface area (Å²) in [5.41, 5.74) is -2.52. The molecule has 0 aliphatic carbocycles. The zero-order chi connectivity index (χ0) is 17.1. The van der Waals surface area contributed by atoms with Crippen molar-refractivity contribution in [2.75, 3.05) is 17.6 Å². The van der Waals surface area contributed by atoms with E-state index >= 15 is 0 Å². The highest BCUT2D eigenvalue weighted by atomic mass is 35.5. The number of hydrogen-bond donors (Lipinski definition) is 1. The van der Waals surface area contributed by atoms with Gasteiger partial charge in [0.2, 0.25) is 0 Å². The van der Waals surface area contributed by atoms with Gasteiger partial charge in [0.1, 0.15) is 0 Å². The van der Waals surface area contributed by atoms with Gasteiger partial charge in [-0.2, -0.15) is 13.2 Å². The highest BCUT2D eigenvalue weighted by Gasteiger charge is 2.67. The minimum Gasteiger partial charge on any atom is -0.322 e. The van der Waals surface area contributed by atoms with E-state index in [4.69, 9.17) is 11.6 Å². The number of hydrogen-bond acceptors (Lipinski definition) is 6. The number of carbonyl (C=O) groups is 1. The van der Waals surface area contributed by atoms with Gasteiger partial charge in [-0.3, -0.25) is 9.69 Å². The number of thioether (sulfide) groups is 1. The summed E-state index contributed by atoms with van der Waals surface area (Å²) in [5.74, 6) is -0.578. The Bertz CT molecular complexity index is 884. The molecule has 1 saturated heterocycles. The van der Waals surface area contributed by atoms with Gasteiger partial charge in [-0.25, -0.2) is 9.98 Å². The minimum atomic E-state index is -4.89. The lowest BCUT2D eigenvalue weighted by atomic mass is 10.1. The Labute approximate surface area is 146 Å². The maximum absolute atomic E-state index is 13.7. The van der Waals surface area contributed by atoms with Crippen LogP contribution in [0.5, 0.6) is 0 Å². The van der Waals surface area contributed by atoms with E-state index < -0.39 is 17.7 Å². The SMILES string of the molecule is O=C1N2CCSC2=N[C@@]1(Nc1nc2ccc(Cl)cc2s1)C(F)(F)F. The van der Waals surface area contributed by atoms with Crippen molar-refractivity contribution >= 4 is 61.1 Å². The fraction of sp³-hybridized carbons (Fsp3) is 0.308. The number of nitrogens with one attached hydrogen (secondary N) is 1. The van der Waals surface area contributed by atoms with Gasteiger partial charge in [0, 0.05) is 17.3 Å². The van der Waals surface area contributed by atoms with Crippen LogP contribution in [-0.4, -0.2) is 45.1 Å². The fourth-order valence-corrected chi connectivity index (χ4v) is 4.69. The molecule has 0 unspecified atom stereocenters. The number of anilines is 1. The molecule has 5 nitrogen and oxygen atoms in total. The lowest BCUT2D eigenvalue weighted by Gasteiger charge is -2.28. The van der Waals surface area contributed by atoms with E-state index in [0.29, 0.717) is 21.0 Å². The van der Waals surface area contributed by atoms with Gasteiger partial charge in [0.25, 0.3) is 5.91 Å². The molecule has 1 aromatic carbocycles. The third-order valence-electron chi connectivity index (χ3n) is 3.64. The number of fused-ring (bicyclic) bond motifs is 2. The molecule has 1 aromatic heterocycles. The van der Waals surface area contributed by atoms with Crippen molar-refractivity contribution < 1.29 is 18.0 Å². The number of thiazole rings is 1. The van der Waals surface area contributed by atoms with E-state index in [9.17, 15) is 18.0 Å². The number of amides is 1. The molecule has 1 amide bonds. The average Bonchev–Trinajstić information content (AvgIpc) is 3.15. The van der Waals surface area contributed by atoms with Gasteiger partial charge in [0.05, 0.1) is 10.2 Å². The minimum absolute atomic E-state index is 0.0338. The van der Waals surface area contributed by atoms with Crippen LogP contribution in [0.25, 0.3) is 10.2 Å². The molecule has 2 aliphatic rings. The summed E-state index contributed by atoms with van der Waals surface area (Å²) in [7, 11) is 0. The monoisotopic (exact) mass is 392 g/mol. The number of amidine groups is 1. The van der Waals surface area contributed by atoms with Crippen molar-refractivity contribution in [3.8, 4) is 0 Å². The van der Waals surface area contributed by atoms with Crippen molar-refractivity contribution in [1.29, 1.82) is 0 Å². The van der Waals surface area contributed by atoms with E-state index in [1.54, 1.807) is 18.2 Å². The number of alkyl halides is 3. The predicted octanol–water partition coefficient (Wildman–Crippen LogP) is 3.57. The second-order valence-corrected chi connectivity index (χ2v) is 7.69. The molecule has 3 heterocycles. The molecule has 4 rings (SSSR count). The van der Waals surface area contributed by atoms with Gasteiger partial charge in [-0.15, -0.1) is 0 Å². The van der Waals surface area contributed by atoms with Crippen LogP contribution < -0.4 is 5.32 Å². The number of aromatic nitrogens is 1. The number of nitrogens with zero attached hydrogens (tertiary/aromatic N) is 3. The highest BCUT2D eigenvalue weighted by Crippen LogP contribution is 2.44. The van der Waals surface area contributed by atoms with Crippen molar-refractivity contribution in [3.63, 3.8) is 0 Å². The first kappa shape index (κ1) is 16.0.